The van der Waals surface area contributed by atoms with E-state index in [9.17, 15) is 0 Å². The zero-order valence-corrected chi connectivity index (χ0v) is 21.1. The smallest absolute Gasteiger partial charge is 0.147 e. The number of nitrogens with two attached hydrogens (primary N) is 2. The van der Waals surface area contributed by atoms with Crippen LogP contribution in [-0.2, 0) is 0 Å². The van der Waals surface area contributed by atoms with Crippen LogP contribution in [0.2, 0.25) is 5.15 Å². The van der Waals surface area contributed by atoms with Crippen LogP contribution in [-0.4, -0.2) is 65.6 Å². The Balaban J connectivity index is 1.67. The first kappa shape index (κ1) is 23.8. The summed E-state index contributed by atoms with van der Waals surface area (Å²) in [7, 11) is 3.81. The maximum absolute atomic E-state index is 6.93. The number of likely N-dealkylation sites (N-methyl/N-ethyl adjacent to an activating group) is 2. The lowest BCUT2D eigenvalue weighted by molar-refractivity contribution is 0.133. The van der Waals surface area contributed by atoms with Crippen molar-refractivity contribution in [2.24, 2.45) is 11.5 Å². The molecule has 0 saturated carbocycles. The SMILES string of the molecule is CCN1C(N)C2=C(C(c3ccccc3)CN(C)C2)N(c2ccc(-n3cnc(Cl)c3)c(OC)c2)C1N. The third kappa shape index (κ3) is 4.22. The number of hydrogen-bond donors (Lipinski definition) is 2. The molecule has 184 valence electrons. The molecule has 0 radical (unpaired) electrons. The van der Waals surface area contributed by atoms with Crippen molar-refractivity contribution < 1.29 is 4.74 Å². The second-order valence-electron chi connectivity index (χ2n) is 9.09. The number of hydrogen-bond acceptors (Lipinski definition) is 7. The summed E-state index contributed by atoms with van der Waals surface area (Å²) in [6, 6.07) is 16.7. The number of rotatable bonds is 5. The van der Waals surface area contributed by atoms with Crippen molar-refractivity contribution in [1.29, 1.82) is 0 Å². The predicted molar refractivity (Wildman–Crippen MR) is 140 cm³/mol. The monoisotopic (exact) mass is 493 g/mol. The fraction of sp³-hybridized carbons (Fsp3) is 0.346. The van der Waals surface area contributed by atoms with Gasteiger partial charge in [-0.1, -0.05) is 48.9 Å². The zero-order chi connectivity index (χ0) is 24.7. The summed E-state index contributed by atoms with van der Waals surface area (Å²) < 4.78 is 7.64. The van der Waals surface area contributed by atoms with E-state index in [1.807, 2.05) is 22.8 Å². The highest BCUT2D eigenvalue weighted by molar-refractivity contribution is 6.29. The number of benzene rings is 2. The van der Waals surface area contributed by atoms with Crippen LogP contribution in [0.5, 0.6) is 5.75 Å². The third-order valence-electron chi connectivity index (χ3n) is 7.01. The van der Waals surface area contributed by atoms with Crippen LogP contribution in [0.4, 0.5) is 5.69 Å². The van der Waals surface area contributed by atoms with Crippen LogP contribution in [0.1, 0.15) is 18.4 Å². The minimum Gasteiger partial charge on any atom is -0.494 e. The van der Waals surface area contributed by atoms with E-state index in [1.165, 1.54) is 16.8 Å². The molecule has 0 bridgehead atoms. The minimum atomic E-state index is -0.415. The molecule has 3 heterocycles. The second kappa shape index (κ2) is 9.64. The molecule has 4 N–H and O–H groups in total. The lowest BCUT2D eigenvalue weighted by Gasteiger charge is -2.52. The van der Waals surface area contributed by atoms with Crippen LogP contribution < -0.4 is 21.1 Å². The lowest BCUT2D eigenvalue weighted by Crippen LogP contribution is -2.66. The zero-order valence-electron chi connectivity index (χ0n) is 20.3. The normalized spacial score (nSPS) is 23.5. The topological polar surface area (TPSA) is 88.8 Å². The number of imidazole rings is 1. The fourth-order valence-electron chi connectivity index (χ4n) is 5.37. The van der Waals surface area contributed by atoms with Crippen molar-refractivity contribution in [2.45, 2.75) is 25.3 Å². The summed E-state index contributed by atoms with van der Waals surface area (Å²) in [6.45, 7) is 4.51. The number of halogens is 1. The van der Waals surface area contributed by atoms with E-state index in [0.29, 0.717) is 10.9 Å². The highest BCUT2D eigenvalue weighted by Gasteiger charge is 2.43. The molecule has 5 rings (SSSR count). The van der Waals surface area contributed by atoms with Gasteiger partial charge in [-0.25, -0.2) is 4.98 Å². The first-order valence-electron chi connectivity index (χ1n) is 11.8. The van der Waals surface area contributed by atoms with Crippen LogP contribution in [0.3, 0.4) is 0 Å². The van der Waals surface area contributed by atoms with Crippen molar-refractivity contribution >= 4 is 17.3 Å². The van der Waals surface area contributed by atoms with Gasteiger partial charge < -0.3 is 24.8 Å². The number of aromatic nitrogens is 2. The summed E-state index contributed by atoms with van der Waals surface area (Å²) in [5.74, 6) is 0.840. The molecule has 0 fully saturated rings. The molecule has 1 aromatic heterocycles. The Labute approximate surface area is 211 Å². The maximum atomic E-state index is 6.93. The third-order valence-corrected chi connectivity index (χ3v) is 7.20. The molecule has 0 aliphatic carbocycles. The van der Waals surface area contributed by atoms with Gasteiger partial charge in [-0.2, -0.15) is 0 Å². The molecule has 2 aliphatic rings. The van der Waals surface area contributed by atoms with Gasteiger partial charge in [0.1, 0.15) is 23.5 Å². The van der Waals surface area contributed by atoms with E-state index < -0.39 is 6.29 Å². The number of nitrogens with zero attached hydrogens (tertiary/aromatic N) is 5. The van der Waals surface area contributed by atoms with Gasteiger partial charge in [-0.05, 0) is 30.3 Å². The highest BCUT2D eigenvalue weighted by atomic mass is 35.5. The van der Waals surface area contributed by atoms with Gasteiger partial charge in [0.05, 0.1) is 19.0 Å². The number of ether oxygens (including phenoxy) is 1. The van der Waals surface area contributed by atoms with E-state index in [2.05, 4.69) is 64.0 Å². The average molecular weight is 494 g/mol. The Hall–Kier alpha value is -2.88. The van der Waals surface area contributed by atoms with E-state index in [-0.39, 0.29) is 12.1 Å². The Morgan fingerprint density at radius 3 is 2.57 bits per heavy atom. The molecule has 35 heavy (non-hydrogen) atoms. The van der Waals surface area contributed by atoms with Gasteiger partial charge in [0, 0.05) is 49.2 Å². The average Bonchev–Trinajstić information content (AvgIpc) is 3.30. The van der Waals surface area contributed by atoms with Crippen molar-refractivity contribution in [3.05, 3.63) is 83.0 Å². The largest absolute Gasteiger partial charge is 0.494 e. The predicted octanol–water partition coefficient (Wildman–Crippen LogP) is 3.19. The van der Waals surface area contributed by atoms with Gasteiger partial charge in [-0.15, -0.1) is 0 Å². The van der Waals surface area contributed by atoms with Gasteiger partial charge in [-0.3, -0.25) is 10.6 Å². The lowest BCUT2D eigenvalue weighted by atomic mass is 9.85. The molecule has 9 heteroatoms. The van der Waals surface area contributed by atoms with Crippen LogP contribution in [0.15, 0.2) is 72.3 Å². The first-order valence-corrected chi connectivity index (χ1v) is 12.2. The van der Waals surface area contributed by atoms with E-state index in [1.54, 1.807) is 19.6 Å². The van der Waals surface area contributed by atoms with Crippen molar-refractivity contribution in [1.82, 2.24) is 19.4 Å². The summed E-state index contributed by atoms with van der Waals surface area (Å²) in [4.78, 5) is 10.8. The molecule has 2 aromatic carbocycles. The maximum Gasteiger partial charge on any atom is 0.147 e. The summed E-state index contributed by atoms with van der Waals surface area (Å²) in [5.41, 5.74) is 19.2. The molecule has 3 aromatic rings. The Morgan fingerprint density at radius 2 is 1.91 bits per heavy atom. The molecule has 3 unspecified atom stereocenters. The minimum absolute atomic E-state index is 0.138. The van der Waals surface area contributed by atoms with Crippen LogP contribution in [0, 0.1) is 0 Å². The van der Waals surface area contributed by atoms with Crippen molar-refractivity contribution in [3.8, 4) is 11.4 Å². The highest BCUT2D eigenvalue weighted by Crippen LogP contribution is 2.43. The second-order valence-corrected chi connectivity index (χ2v) is 9.48. The van der Waals surface area contributed by atoms with Crippen LogP contribution >= 0.6 is 11.6 Å². The molecular formula is C26H32ClN7O. The van der Waals surface area contributed by atoms with Crippen molar-refractivity contribution in [2.75, 3.05) is 38.7 Å². The summed E-state index contributed by atoms with van der Waals surface area (Å²) in [6.07, 6.45) is 2.77. The number of anilines is 1. The number of methoxy groups -OCH3 is 1. The quantitative estimate of drug-likeness (QED) is 0.564. The molecule has 8 nitrogen and oxygen atoms in total. The van der Waals surface area contributed by atoms with E-state index in [4.69, 9.17) is 27.8 Å². The van der Waals surface area contributed by atoms with Gasteiger partial charge in [0.15, 0.2) is 0 Å². The molecule has 2 aliphatic heterocycles. The molecule has 0 saturated heterocycles. The first-order chi connectivity index (χ1) is 16.9. The Bertz CT molecular complexity index is 1230. The molecule has 0 amide bonds. The summed E-state index contributed by atoms with van der Waals surface area (Å²) >= 11 is 6.06. The van der Waals surface area contributed by atoms with Gasteiger partial charge in [0.2, 0.25) is 0 Å². The van der Waals surface area contributed by atoms with Gasteiger partial charge in [0.25, 0.3) is 0 Å². The van der Waals surface area contributed by atoms with E-state index in [0.717, 1.165) is 31.0 Å². The van der Waals surface area contributed by atoms with Crippen LogP contribution in [0.25, 0.3) is 5.69 Å². The Kier molecular flexibility index (Phi) is 6.57. The standard InChI is InChI=1S/C26H32ClN7O/c1-4-33-25(28)20-14-31(2)13-19(17-8-6-5-7-9-17)24(20)34(26(33)29)18-10-11-21(22(12-18)35-3)32-15-23(27)30-16-32/h5-12,15-16,19,25-26H,4,13-14,28-29H2,1-3H3. The van der Waals surface area contributed by atoms with E-state index >= 15 is 0 Å². The molecule has 3 atom stereocenters. The summed E-state index contributed by atoms with van der Waals surface area (Å²) in [5, 5.41) is 0.425. The molecular weight excluding hydrogens is 462 g/mol. The molecule has 0 spiro atoms. The van der Waals surface area contributed by atoms with Gasteiger partial charge >= 0.3 is 0 Å². The van der Waals surface area contributed by atoms with Crippen molar-refractivity contribution in [3.63, 3.8) is 0 Å². The Morgan fingerprint density at radius 1 is 1.14 bits per heavy atom. The fourth-order valence-corrected chi connectivity index (χ4v) is 5.51.